The molecule has 1 heterocycles. The van der Waals surface area contributed by atoms with E-state index < -0.39 is 0 Å². The summed E-state index contributed by atoms with van der Waals surface area (Å²) in [6, 6.07) is 5.63. The summed E-state index contributed by atoms with van der Waals surface area (Å²) in [5, 5.41) is 6.19. The number of hydrogen-bond acceptors (Lipinski definition) is 3. The SMILES string of the molecule is COC1CC(NC(c2cccs2)C2CCCC2)C1(C)C. The fourth-order valence-corrected chi connectivity index (χ4v) is 4.87. The van der Waals surface area contributed by atoms with Crippen LogP contribution < -0.4 is 5.32 Å². The summed E-state index contributed by atoms with van der Waals surface area (Å²) in [4.78, 5) is 1.52. The zero-order valence-electron chi connectivity index (χ0n) is 12.9. The number of nitrogens with one attached hydrogen (secondary N) is 1. The molecule has 3 heteroatoms. The monoisotopic (exact) mass is 293 g/mol. The van der Waals surface area contributed by atoms with Crippen LogP contribution in [0.25, 0.3) is 0 Å². The van der Waals surface area contributed by atoms with Gasteiger partial charge in [0.1, 0.15) is 0 Å². The maximum atomic E-state index is 5.59. The van der Waals surface area contributed by atoms with Gasteiger partial charge in [-0.2, -0.15) is 0 Å². The molecule has 0 aromatic carbocycles. The molecule has 112 valence electrons. The Morgan fingerprint density at radius 2 is 2.10 bits per heavy atom. The predicted molar refractivity (Wildman–Crippen MR) is 85.1 cm³/mol. The molecule has 0 radical (unpaired) electrons. The van der Waals surface area contributed by atoms with Crippen LogP contribution in [0.15, 0.2) is 17.5 Å². The Labute approximate surface area is 126 Å². The molecule has 0 saturated heterocycles. The lowest BCUT2D eigenvalue weighted by atomic mass is 9.64. The van der Waals surface area contributed by atoms with Crippen LogP contribution in [-0.4, -0.2) is 19.3 Å². The van der Waals surface area contributed by atoms with Gasteiger partial charge < -0.3 is 10.1 Å². The summed E-state index contributed by atoms with van der Waals surface area (Å²) in [5.74, 6) is 0.825. The third kappa shape index (κ3) is 2.56. The average molecular weight is 293 g/mol. The first-order valence-electron chi connectivity index (χ1n) is 7.95. The van der Waals surface area contributed by atoms with Crippen molar-refractivity contribution in [1.82, 2.24) is 5.32 Å². The minimum atomic E-state index is 0.253. The third-order valence-corrected chi connectivity index (χ3v) is 6.52. The Kier molecular flexibility index (Phi) is 4.21. The predicted octanol–water partition coefficient (Wildman–Crippen LogP) is 4.38. The van der Waals surface area contributed by atoms with E-state index in [0.717, 1.165) is 12.3 Å². The van der Waals surface area contributed by atoms with Crippen molar-refractivity contribution in [3.63, 3.8) is 0 Å². The van der Waals surface area contributed by atoms with E-state index in [0.29, 0.717) is 18.2 Å². The van der Waals surface area contributed by atoms with Crippen LogP contribution in [0.4, 0.5) is 0 Å². The summed E-state index contributed by atoms with van der Waals surface area (Å²) in [7, 11) is 1.84. The molecule has 2 saturated carbocycles. The standard InChI is InChI=1S/C17H27NOS/c1-17(2)14(11-15(17)19-3)18-16(12-7-4-5-8-12)13-9-6-10-20-13/h6,9-10,12,14-16,18H,4-5,7-8,11H2,1-3H3. The lowest BCUT2D eigenvalue weighted by Crippen LogP contribution is -2.61. The lowest BCUT2D eigenvalue weighted by Gasteiger charge is -2.53. The summed E-state index contributed by atoms with van der Waals surface area (Å²) in [5.41, 5.74) is 0.253. The van der Waals surface area contributed by atoms with Gasteiger partial charge in [-0.1, -0.05) is 32.8 Å². The van der Waals surface area contributed by atoms with Gasteiger partial charge in [-0.15, -0.1) is 11.3 Å². The van der Waals surface area contributed by atoms with Gasteiger partial charge in [-0.3, -0.25) is 0 Å². The molecule has 20 heavy (non-hydrogen) atoms. The fraction of sp³-hybridized carbons (Fsp3) is 0.765. The van der Waals surface area contributed by atoms with Crippen molar-refractivity contribution in [2.45, 2.75) is 64.1 Å². The molecule has 2 fully saturated rings. The molecule has 3 unspecified atom stereocenters. The molecule has 2 nitrogen and oxygen atoms in total. The van der Waals surface area contributed by atoms with E-state index >= 15 is 0 Å². The Balaban J connectivity index is 1.71. The van der Waals surface area contributed by atoms with Crippen molar-refractivity contribution >= 4 is 11.3 Å². The second-order valence-corrected chi connectivity index (χ2v) is 8.02. The maximum absolute atomic E-state index is 5.59. The molecule has 0 amide bonds. The molecule has 3 atom stereocenters. The van der Waals surface area contributed by atoms with Crippen molar-refractivity contribution in [3.05, 3.63) is 22.4 Å². The third-order valence-electron chi connectivity index (χ3n) is 5.56. The average Bonchev–Trinajstić information content (AvgIpc) is 3.11. The van der Waals surface area contributed by atoms with E-state index in [4.69, 9.17) is 4.74 Å². The molecule has 2 aliphatic carbocycles. The van der Waals surface area contributed by atoms with E-state index in [1.54, 1.807) is 0 Å². The summed E-state index contributed by atoms with van der Waals surface area (Å²) >= 11 is 1.91. The summed E-state index contributed by atoms with van der Waals surface area (Å²) in [6.07, 6.45) is 7.14. The van der Waals surface area contributed by atoms with Gasteiger partial charge in [0.2, 0.25) is 0 Å². The Bertz CT molecular complexity index is 422. The molecule has 0 aliphatic heterocycles. The molecule has 1 N–H and O–H groups in total. The largest absolute Gasteiger partial charge is 0.381 e. The van der Waals surface area contributed by atoms with Crippen LogP contribution in [0.1, 0.15) is 56.9 Å². The first kappa shape index (κ1) is 14.6. The molecular formula is C17H27NOS. The van der Waals surface area contributed by atoms with Crippen molar-refractivity contribution in [1.29, 1.82) is 0 Å². The van der Waals surface area contributed by atoms with E-state index in [1.807, 2.05) is 18.4 Å². The molecule has 0 bridgehead atoms. The normalized spacial score (nSPS) is 31.1. The van der Waals surface area contributed by atoms with E-state index in [1.165, 1.54) is 30.6 Å². The molecule has 0 spiro atoms. The number of rotatable bonds is 5. The maximum Gasteiger partial charge on any atom is 0.0652 e. The Morgan fingerprint density at radius 1 is 1.35 bits per heavy atom. The molecule has 2 aliphatic rings. The molecule has 1 aromatic rings. The highest BCUT2D eigenvalue weighted by atomic mass is 32.1. The number of thiophene rings is 1. The van der Waals surface area contributed by atoms with Gasteiger partial charge in [0, 0.05) is 29.5 Å². The summed E-state index contributed by atoms with van der Waals surface area (Å²) in [6.45, 7) is 4.67. The minimum Gasteiger partial charge on any atom is -0.381 e. The highest BCUT2D eigenvalue weighted by molar-refractivity contribution is 7.10. The first-order valence-corrected chi connectivity index (χ1v) is 8.83. The van der Waals surface area contributed by atoms with Crippen LogP contribution >= 0.6 is 11.3 Å². The quantitative estimate of drug-likeness (QED) is 0.869. The van der Waals surface area contributed by atoms with E-state index in [-0.39, 0.29) is 5.41 Å². The van der Waals surface area contributed by atoms with Gasteiger partial charge in [-0.25, -0.2) is 0 Å². The van der Waals surface area contributed by atoms with Gasteiger partial charge in [0.05, 0.1) is 6.10 Å². The summed E-state index contributed by atoms with van der Waals surface area (Å²) < 4.78 is 5.59. The second kappa shape index (κ2) is 5.78. The number of ether oxygens (including phenoxy) is 1. The zero-order valence-corrected chi connectivity index (χ0v) is 13.7. The topological polar surface area (TPSA) is 21.3 Å². The molecular weight excluding hydrogens is 266 g/mol. The van der Waals surface area contributed by atoms with E-state index in [2.05, 4.69) is 36.7 Å². The molecule has 1 aromatic heterocycles. The van der Waals surface area contributed by atoms with Gasteiger partial charge in [0.25, 0.3) is 0 Å². The van der Waals surface area contributed by atoms with Crippen LogP contribution in [0.2, 0.25) is 0 Å². The number of hydrogen-bond donors (Lipinski definition) is 1. The highest BCUT2D eigenvalue weighted by Crippen LogP contribution is 2.46. The van der Waals surface area contributed by atoms with Crippen LogP contribution in [0.3, 0.4) is 0 Å². The first-order chi connectivity index (χ1) is 9.63. The van der Waals surface area contributed by atoms with E-state index in [9.17, 15) is 0 Å². The van der Waals surface area contributed by atoms with Crippen LogP contribution in [-0.2, 0) is 4.74 Å². The van der Waals surface area contributed by atoms with Crippen LogP contribution in [0, 0.1) is 11.3 Å². The van der Waals surface area contributed by atoms with Gasteiger partial charge in [0.15, 0.2) is 0 Å². The minimum absolute atomic E-state index is 0.253. The van der Waals surface area contributed by atoms with Crippen molar-refractivity contribution in [2.75, 3.05) is 7.11 Å². The highest BCUT2D eigenvalue weighted by Gasteiger charge is 2.49. The smallest absolute Gasteiger partial charge is 0.0652 e. The number of methoxy groups -OCH3 is 1. The fourth-order valence-electron chi connectivity index (χ4n) is 3.99. The van der Waals surface area contributed by atoms with Gasteiger partial charge in [-0.05, 0) is 36.6 Å². The van der Waals surface area contributed by atoms with Crippen LogP contribution in [0.5, 0.6) is 0 Å². The second-order valence-electron chi connectivity index (χ2n) is 7.04. The lowest BCUT2D eigenvalue weighted by molar-refractivity contribution is -0.102. The van der Waals surface area contributed by atoms with Gasteiger partial charge >= 0.3 is 0 Å². The zero-order chi connectivity index (χ0) is 14.2. The Morgan fingerprint density at radius 3 is 2.65 bits per heavy atom. The molecule has 3 rings (SSSR count). The van der Waals surface area contributed by atoms with Crippen molar-refractivity contribution < 1.29 is 4.74 Å². The Hall–Kier alpha value is -0.380. The van der Waals surface area contributed by atoms with Crippen molar-refractivity contribution in [3.8, 4) is 0 Å². The van der Waals surface area contributed by atoms with Crippen molar-refractivity contribution in [2.24, 2.45) is 11.3 Å².